The van der Waals surface area contributed by atoms with Gasteiger partial charge >= 0.3 is 0 Å². The highest BCUT2D eigenvalue weighted by molar-refractivity contribution is 6.10. The summed E-state index contributed by atoms with van der Waals surface area (Å²) in [5.74, 6) is 0.637. The number of rotatable bonds is 3. The first-order valence-corrected chi connectivity index (χ1v) is 8.54. The molecule has 1 amide bonds. The monoisotopic (exact) mass is 335 g/mol. The van der Waals surface area contributed by atoms with E-state index in [1.54, 1.807) is 30.9 Å². The van der Waals surface area contributed by atoms with Crippen LogP contribution in [0.4, 0.5) is 5.95 Å². The third-order valence-corrected chi connectivity index (χ3v) is 5.71. The van der Waals surface area contributed by atoms with Gasteiger partial charge in [-0.1, -0.05) is 5.16 Å². The molecule has 0 aromatic carbocycles. The zero-order valence-corrected chi connectivity index (χ0v) is 13.5. The van der Waals surface area contributed by atoms with Crippen molar-refractivity contribution in [2.75, 3.05) is 5.32 Å². The number of carbonyl (C=O) groups excluding carboxylic acids is 1. The minimum Gasteiger partial charge on any atom is -0.378 e. The number of pyridine rings is 1. The molecule has 4 atom stereocenters. The minimum atomic E-state index is -0.951. The first-order valence-electron chi connectivity index (χ1n) is 8.54. The molecular formula is C18H17N5O2. The molecule has 0 radical (unpaired) electrons. The molecule has 2 fully saturated rings. The lowest BCUT2D eigenvalue weighted by atomic mass is 9.72. The molecule has 126 valence electrons. The van der Waals surface area contributed by atoms with E-state index in [1.165, 1.54) is 0 Å². The highest BCUT2D eigenvalue weighted by Crippen LogP contribution is 2.60. The number of hydrogen-bond donors (Lipinski definition) is 1. The molecular weight excluding hydrogens is 318 g/mol. The Kier molecular flexibility index (Phi) is 3.10. The maximum absolute atomic E-state index is 13.2. The van der Waals surface area contributed by atoms with Gasteiger partial charge in [0.1, 0.15) is 0 Å². The lowest BCUT2D eigenvalue weighted by Gasteiger charge is -2.35. The molecule has 25 heavy (non-hydrogen) atoms. The zero-order valence-electron chi connectivity index (χ0n) is 13.5. The van der Waals surface area contributed by atoms with Gasteiger partial charge < -0.3 is 4.84 Å². The summed E-state index contributed by atoms with van der Waals surface area (Å²) >= 11 is 0. The summed E-state index contributed by atoms with van der Waals surface area (Å²) in [7, 11) is 0. The van der Waals surface area contributed by atoms with Gasteiger partial charge in [-0.25, -0.2) is 9.97 Å². The molecule has 1 aliphatic heterocycles. The lowest BCUT2D eigenvalue weighted by molar-refractivity contribution is -0.149. The number of aromatic nitrogens is 3. The molecule has 2 saturated carbocycles. The first kappa shape index (κ1) is 14.5. The Morgan fingerprint density at radius 2 is 2.08 bits per heavy atom. The van der Waals surface area contributed by atoms with E-state index in [4.69, 9.17) is 4.84 Å². The topological polar surface area (TPSA) is 89.4 Å². The van der Waals surface area contributed by atoms with Crippen molar-refractivity contribution >= 4 is 17.6 Å². The first-order chi connectivity index (χ1) is 12.3. The van der Waals surface area contributed by atoms with Crippen molar-refractivity contribution in [3.8, 4) is 0 Å². The van der Waals surface area contributed by atoms with Gasteiger partial charge in [0.25, 0.3) is 5.91 Å². The second-order valence-electron chi connectivity index (χ2n) is 6.88. The van der Waals surface area contributed by atoms with Crippen LogP contribution in [0.2, 0.25) is 0 Å². The third kappa shape index (κ3) is 2.01. The van der Waals surface area contributed by atoms with Crippen LogP contribution in [-0.2, 0) is 9.63 Å². The van der Waals surface area contributed by atoms with E-state index < -0.39 is 5.60 Å². The van der Waals surface area contributed by atoms with Crippen molar-refractivity contribution < 1.29 is 9.63 Å². The average molecular weight is 335 g/mol. The smallest absolute Gasteiger partial charge is 0.274 e. The van der Waals surface area contributed by atoms with Crippen LogP contribution in [0.3, 0.4) is 0 Å². The van der Waals surface area contributed by atoms with Crippen molar-refractivity contribution in [2.45, 2.75) is 24.9 Å². The average Bonchev–Trinajstić information content (AvgIpc) is 3.35. The van der Waals surface area contributed by atoms with Gasteiger partial charge in [0, 0.05) is 36.3 Å². The molecule has 1 N–H and O–H groups in total. The van der Waals surface area contributed by atoms with E-state index in [1.807, 2.05) is 12.1 Å². The quantitative estimate of drug-likeness (QED) is 0.927. The van der Waals surface area contributed by atoms with E-state index in [9.17, 15) is 4.79 Å². The Labute approximate surface area is 144 Å². The lowest BCUT2D eigenvalue weighted by Crippen LogP contribution is -2.53. The standard InChI is InChI=1S/C18H17N5O2/c24-16(22-17-20-7-2-8-21-17)18-13-5-4-11(9-13)14(18)15(23-25-18)12-3-1-6-19-10-12/h1-3,6-8,10-11,13-14H,4-5,9H2,(H,20,21,22,24). The fourth-order valence-corrected chi connectivity index (χ4v) is 4.73. The summed E-state index contributed by atoms with van der Waals surface area (Å²) < 4.78 is 0. The van der Waals surface area contributed by atoms with E-state index in [-0.39, 0.29) is 17.7 Å². The highest BCUT2D eigenvalue weighted by Gasteiger charge is 2.69. The summed E-state index contributed by atoms with van der Waals surface area (Å²) in [6.07, 6.45) is 9.80. The van der Waals surface area contributed by atoms with Crippen LogP contribution in [0.15, 0.2) is 48.1 Å². The van der Waals surface area contributed by atoms with Crippen molar-refractivity contribution in [1.82, 2.24) is 15.0 Å². The number of nitrogens with zero attached hydrogens (tertiary/aromatic N) is 4. The van der Waals surface area contributed by atoms with Crippen molar-refractivity contribution in [3.05, 3.63) is 48.5 Å². The Hall–Kier alpha value is -2.83. The predicted molar refractivity (Wildman–Crippen MR) is 89.6 cm³/mol. The van der Waals surface area contributed by atoms with Crippen LogP contribution in [0, 0.1) is 17.8 Å². The molecule has 2 aliphatic carbocycles. The molecule has 2 bridgehead atoms. The minimum absolute atomic E-state index is 0.0424. The maximum atomic E-state index is 13.2. The molecule has 2 aromatic heterocycles. The summed E-state index contributed by atoms with van der Waals surface area (Å²) in [4.78, 5) is 31.4. The van der Waals surface area contributed by atoms with Gasteiger partial charge in [-0.2, -0.15) is 0 Å². The predicted octanol–water partition coefficient (Wildman–Crippen LogP) is 2.03. The Bertz CT molecular complexity index is 841. The molecule has 3 aliphatic rings. The number of hydrogen-bond acceptors (Lipinski definition) is 6. The van der Waals surface area contributed by atoms with E-state index in [0.717, 1.165) is 30.5 Å². The van der Waals surface area contributed by atoms with Crippen LogP contribution >= 0.6 is 0 Å². The van der Waals surface area contributed by atoms with Gasteiger partial charge in [-0.05, 0) is 43.4 Å². The van der Waals surface area contributed by atoms with Gasteiger partial charge in [0.15, 0.2) is 0 Å². The molecule has 0 saturated heterocycles. The van der Waals surface area contributed by atoms with Gasteiger partial charge in [0.2, 0.25) is 11.5 Å². The fraction of sp³-hybridized carbons (Fsp3) is 0.389. The summed E-state index contributed by atoms with van der Waals surface area (Å²) in [6.45, 7) is 0. The van der Waals surface area contributed by atoms with Crippen molar-refractivity contribution in [3.63, 3.8) is 0 Å². The van der Waals surface area contributed by atoms with Crippen LogP contribution in [0.1, 0.15) is 24.8 Å². The Balaban J connectivity index is 1.51. The van der Waals surface area contributed by atoms with Crippen LogP contribution in [0.25, 0.3) is 0 Å². The van der Waals surface area contributed by atoms with Gasteiger partial charge in [-0.15, -0.1) is 0 Å². The van der Waals surface area contributed by atoms with Crippen LogP contribution < -0.4 is 5.32 Å². The third-order valence-electron chi connectivity index (χ3n) is 5.71. The highest BCUT2D eigenvalue weighted by atomic mass is 16.7. The second kappa shape index (κ2) is 5.34. The molecule has 4 unspecified atom stereocenters. The zero-order chi connectivity index (χ0) is 16.9. The molecule has 7 nitrogen and oxygen atoms in total. The normalized spacial score (nSPS) is 32.0. The Morgan fingerprint density at radius 3 is 2.88 bits per heavy atom. The van der Waals surface area contributed by atoms with Crippen LogP contribution in [-0.4, -0.2) is 32.2 Å². The van der Waals surface area contributed by atoms with E-state index in [0.29, 0.717) is 11.9 Å². The number of carbonyl (C=O) groups is 1. The van der Waals surface area contributed by atoms with E-state index in [2.05, 4.69) is 25.4 Å². The summed E-state index contributed by atoms with van der Waals surface area (Å²) in [6, 6.07) is 5.56. The number of nitrogens with one attached hydrogen (secondary N) is 1. The fourth-order valence-electron chi connectivity index (χ4n) is 4.73. The van der Waals surface area contributed by atoms with E-state index >= 15 is 0 Å². The summed E-state index contributed by atoms with van der Waals surface area (Å²) in [5.41, 5.74) is 0.808. The Morgan fingerprint density at radius 1 is 1.20 bits per heavy atom. The molecule has 0 spiro atoms. The van der Waals surface area contributed by atoms with Gasteiger partial charge in [-0.3, -0.25) is 15.1 Å². The molecule has 3 heterocycles. The molecule has 7 heteroatoms. The maximum Gasteiger partial charge on any atom is 0.274 e. The largest absolute Gasteiger partial charge is 0.378 e. The van der Waals surface area contributed by atoms with Crippen molar-refractivity contribution in [2.24, 2.45) is 22.9 Å². The number of amides is 1. The SMILES string of the molecule is O=C(Nc1ncccn1)C12ON=C(c3cccnc3)C1C1CCC2C1. The van der Waals surface area contributed by atoms with Crippen LogP contribution in [0.5, 0.6) is 0 Å². The molecule has 2 aromatic rings. The molecule has 5 rings (SSSR count). The number of anilines is 1. The van der Waals surface area contributed by atoms with Gasteiger partial charge in [0.05, 0.1) is 11.6 Å². The number of fused-ring (bicyclic) bond motifs is 5. The summed E-state index contributed by atoms with van der Waals surface area (Å²) in [5, 5.41) is 7.17. The van der Waals surface area contributed by atoms with Crippen molar-refractivity contribution in [1.29, 1.82) is 0 Å². The second-order valence-corrected chi connectivity index (χ2v) is 6.88. The number of oxime groups is 1.